The van der Waals surface area contributed by atoms with Crippen LogP contribution in [0.4, 0.5) is 0 Å². The molecular weight excluding hydrogens is 431 g/mol. The molecule has 0 fully saturated rings. The van der Waals surface area contributed by atoms with E-state index in [4.69, 9.17) is 32.7 Å². The minimum Gasteiger partial charge on any atom is -0.423 e. The molecule has 0 saturated heterocycles. The lowest BCUT2D eigenvalue weighted by atomic mass is 10.1. The van der Waals surface area contributed by atoms with Crippen LogP contribution in [-0.4, -0.2) is 22.4 Å². The van der Waals surface area contributed by atoms with E-state index in [0.29, 0.717) is 0 Å². The molecule has 3 rings (SSSR count). The Bertz CT molecular complexity index is 1010. The molecule has 0 bridgehead atoms. The number of hydrogen-bond acceptors (Lipinski definition) is 6. The molecule has 6 nitrogen and oxygen atoms in total. The Morgan fingerprint density at radius 1 is 0.467 bits per heavy atom. The van der Waals surface area contributed by atoms with E-state index >= 15 is 0 Å². The molecular formula is C22H12Cl2O6. The Balaban J connectivity index is 1.61. The molecule has 3 aromatic rings. The van der Waals surface area contributed by atoms with Gasteiger partial charge in [-0.1, -0.05) is 0 Å². The summed E-state index contributed by atoms with van der Waals surface area (Å²) in [5.41, 5.74) is 1.02. The molecule has 150 valence electrons. The average molecular weight is 443 g/mol. The summed E-state index contributed by atoms with van der Waals surface area (Å²) < 4.78 is 10.5. The summed E-state index contributed by atoms with van der Waals surface area (Å²) in [7, 11) is 0. The van der Waals surface area contributed by atoms with Crippen LogP contribution in [0, 0.1) is 0 Å². The molecule has 0 atom stereocenters. The zero-order valence-corrected chi connectivity index (χ0v) is 16.6. The minimum absolute atomic E-state index is 0.238. The molecule has 0 radical (unpaired) electrons. The summed E-state index contributed by atoms with van der Waals surface area (Å²) in [6.45, 7) is 0. The molecule has 0 amide bonds. The van der Waals surface area contributed by atoms with Gasteiger partial charge in [0.25, 0.3) is 10.5 Å². The number of rotatable bonds is 6. The van der Waals surface area contributed by atoms with Crippen LogP contribution in [0.1, 0.15) is 41.4 Å². The maximum atomic E-state index is 12.2. The first-order valence-corrected chi connectivity index (χ1v) is 9.23. The van der Waals surface area contributed by atoms with E-state index in [0.717, 1.165) is 0 Å². The fourth-order valence-electron chi connectivity index (χ4n) is 2.38. The van der Waals surface area contributed by atoms with Crippen molar-refractivity contribution in [1.29, 1.82) is 0 Å². The van der Waals surface area contributed by atoms with E-state index in [-0.39, 0.29) is 33.8 Å². The largest absolute Gasteiger partial charge is 0.423 e. The van der Waals surface area contributed by atoms with Crippen LogP contribution in [0.25, 0.3) is 0 Å². The van der Waals surface area contributed by atoms with Crippen molar-refractivity contribution in [2.45, 2.75) is 0 Å². The van der Waals surface area contributed by atoms with Crippen LogP contribution in [0.2, 0.25) is 0 Å². The number of halogens is 2. The molecule has 0 saturated carbocycles. The number of ether oxygens (including phenoxy) is 2. The van der Waals surface area contributed by atoms with E-state index in [1.807, 2.05) is 0 Å². The maximum absolute atomic E-state index is 12.2. The van der Waals surface area contributed by atoms with E-state index in [1.165, 1.54) is 72.8 Å². The fraction of sp³-hybridized carbons (Fsp3) is 0. The molecule has 0 aliphatic carbocycles. The lowest BCUT2D eigenvalue weighted by Gasteiger charge is -2.07. The number of benzene rings is 3. The minimum atomic E-state index is -0.623. The second kappa shape index (κ2) is 9.35. The smallest absolute Gasteiger partial charge is 0.343 e. The van der Waals surface area contributed by atoms with E-state index in [1.54, 1.807) is 0 Å². The van der Waals surface area contributed by atoms with Gasteiger partial charge in [0.15, 0.2) is 0 Å². The average Bonchev–Trinajstić information content (AvgIpc) is 2.75. The third-order valence-corrected chi connectivity index (χ3v) is 4.38. The third kappa shape index (κ3) is 5.31. The number of carbonyl (C=O) groups is 4. The lowest BCUT2D eigenvalue weighted by Crippen LogP contribution is -2.10. The molecule has 30 heavy (non-hydrogen) atoms. The quantitative estimate of drug-likeness (QED) is 0.307. The molecule has 0 unspecified atom stereocenters. The van der Waals surface area contributed by atoms with Gasteiger partial charge in [-0.2, -0.15) is 0 Å². The summed E-state index contributed by atoms with van der Waals surface area (Å²) in [5, 5.41) is -1.24. The summed E-state index contributed by atoms with van der Waals surface area (Å²) in [4.78, 5) is 46.4. The molecule has 0 aromatic heterocycles. The van der Waals surface area contributed by atoms with Gasteiger partial charge in [0.05, 0.1) is 11.1 Å². The second-order valence-corrected chi connectivity index (χ2v) is 6.64. The highest BCUT2D eigenvalue weighted by Gasteiger charge is 2.12. The zero-order chi connectivity index (χ0) is 21.7. The van der Waals surface area contributed by atoms with Crippen molar-refractivity contribution in [3.8, 4) is 11.5 Å². The first-order valence-electron chi connectivity index (χ1n) is 8.48. The van der Waals surface area contributed by atoms with Gasteiger partial charge < -0.3 is 9.47 Å². The van der Waals surface area contributed by atoms with Crippen molar-refractivity contribution in [3.05, 3.63) is 95.1 Å². The Morgan fingerprint density at radius 3 is 1.00 bits per heavy atom. The van der Waals surface area contributed by atoms with Gasteiger partial charge in [-0.15, -0.1) is 0 Å². The van der Waals surface area contributed by atoms with Gasteiger partial charge in [-0.3, -0.25) is 9.59 Å². The SMILES string of the molecule is O=C(Cl)c1ccc(C(=O)Oc2ccc(OC(=O)c3ccc(C(=O)Cl)cc3)cc2)cc1. The van der Waals surface area contributed by atoms with Crippen molar-refractivity contribution >= 4 is 45.6 Å². The van der Waals surface area contributed by atoms with Crippen LogP contribution in [0.5, 0.6) is 11.5 Å². The Hall–Kier alpha value is -3.48. The van der Waals surface area contributed by atoms with E-state index in [9.17, 15) is 19.2 Å². The van der Waals surface area contributed by atoms with Gasteiger partial charge in [0.1, 0.15) is 11.5 Å². The monoisotopic (exact) mass is 442 g/mol. The summed E-state index contributed by atoms with van der Waals surface area (Å²) in [6, 6.07) is 17.3. The molecule has 0 N–H and O–H groups in total. The maximum Gasteiger partial charge on any atom is 0.343 e. The standard InChI is InChI=1S/C22H12Cl2O6/c23-19(25)13-1-5-15(6-2-13)21(27)29-17-9-11-18(12-10-17)30-22(28)16-7-3-14(4-8-16)20(24)26/h1-12H. The van der Waals surface area contributed by atoms with Gasteiger partial charge >= 0.3 is 11.9 Å². The van der Waals surface area contributed by atoms with Gasteiger partial charge in [-0.05, 0) is 96.0 Å². The zero-order valence-electron chi connectivity index (χ0n) is 15.1. The van der Waals surface area contributed by atoms with Crippen molar-refractivity contribution < 1.29 is 28.7 Å². The first-order chi connectivity index (χ1) is 14.3. The second-order valence-electron chi connectivity index (χ2n) is 5.95. The van der Waals surface area contributed by atoms with Gasteiger partial charge in [0.2, 0.25) is 0 Å². The Kier molecular flexibility index (Phi) is 6.61. The van der Waals surface area contributed by atoms with Crippen molar-refractivity contribution in [1.82, 2.24) is 0 Å². The van der Waals surface area contributed by atoms with Crippen LogP contribution in [0.3, 0.4) is 0 Å². The summed E-state index contributed by atoms with van der Waals surface area (Å²) >= 11 is 10.7. The highest BCUT2D eigenvalue weighted by molar-refractivity contribution is 6.68. The van der Waals surface area contributed by atoms with E-state index in [2.05, 4.69) is 0 Å². The fourth-order valence-corrected chi connectivity index (χ4v) is 2.63. The molecule has 0 aliphatic rings. The van der Waals surface area contributed by atoms with Crippen molar-refractivity contribution in [2.75, 3.05) is 0 Å². The van der Waals surface area contributed by atoms with Gasteiger partial charge in [-0.25, -0.2) is 9.59 Å². The number of esters is 2. The predicted molar refractivity (Wildman–Crippen MR) is 110 cm³/mol. The summed E-state index contributed by atoms with van der Waals surface area (Å²) in [5.74, 6) is -0.769. The Labute approximate surface area is 180 Å². The predicted octanol–water partition coefficient (Wildman–Crippen LogP) is 4.88. The number of hydrogen-bond donors (Lipinski definition) is 0. The highest BCUT2D eigenvalue weighted by atomic mass is 35.5. The van der Waals surface area contributed by atoms with Crippen LogP contribution >= 0.6 is 23.2 Å². The van der Waals surface area contributed by atoms with E-state index < -0.39 is 22.4 Å². The number of carbonyl (C=O) groups excluding carboxylic acids is 4. The molecule has 0 aliphatic heterocycles. The molecule has 0 heterocycles. The first kappa shape index (κ1) is 21.2. The van der Waals surface area contributed by atoms with Crippen molar-refractivity contribution in [3.63, 3.8) is 0 Å². The van der Waals surface area contributed by atoms with Gasteiger partial charge in [0, 0.05) is 11.1 Å². The van der Waals surface area contributed by atoms with Crippen LogP contribution in [-0.2, 0) is 0 Å². The normalized spacial score (nSPS) is 10.2. The van der Waals surface area contributed by atoms with Crippen LogP contribution < -0.4 is 9.47 Å². The summed E-state index contributed by atoms with van der Waals surface area (Å²) in [6.07, 6.45) is 0. The topological polar surface area (TPSA) is 86.7 Å². The Morgan fingerprint density at radius 2 is 0.733 bits per heavy atom. The molecule has 8 heteroatoms. The lowest BCUT2D eigenvalue weighted by molar-refractivity contribution is 0.0719. The molecule has 0 spiro atoms. The molecule has 3 aromatic carbocycles. The third-order valence-electron chi connectivity index (χ3n) is 3.94. The highest BCUT2D eigenvalue weighted by Crippen LogP contribution is 2.20. The van der Waals surface area contributed by atoms with Crippen LogP contribution in [0.15, 0.2) is 72.8 Å². The van der Waals surface area contributed by atoms with Crippen molar-refractivity contribution in [2.24, 2.45) is 0 Å².